The normalized spacial score (nSPS) is 10.2. The fourth-order valence-electron chi connectivity index (χ4n) is 1.49. The minimum atomic E-state index is -0.299. The second kappa shape index (κ2) is 5.82. The summed E-state index contributed by atoms with van der Waals surface area (Å²) in [5.74, 6) is 0.248. The number of rotatable bonds is 4. The molecule has 5 heteroatoms. The molecule has 1 heterocycles. The lowest BCUT2D eigenvalue weighted by Crippen LogP contribution is -2.03. The summed E-state index contributed by atoms with van der Waals surface area (Å²) in [5, 5.41) is 2.99. The summed E-state index contributed by atoms with van der Waals surface area (Å²) in [6.45, 7) is 0.440. The van der Waals surface area contributed by atoms with Crippen LogP contribution in [0.2, 0.25) is 0 Å². The van der Waals surface area contributed by atoms with Gasteiger partial charge < -0.3 is 10.1 Å². The Balaban J connectivity index is 2.06. The maximum atomic E-state index is 13.6. The molecule has 0 unspecified atom stereocenters. The topological polar surface area (TPSA) is 34.1 Å². The Labute approximate surface area is 113 Å². The molecule has 1 aromatic heterocycles. The Morgan fingerprint density at radius 2 is 2.17 bits per heavy atom. The summed E-state index contributed by atoms with van der Waals surface area (Å²) in [6, 6.07) is 10.3. The molecule has 0 fully saturated rings. The summed E-state index contributed by atoms with van der Waals surface area (Å²) in [6.07, 6.45) is 0. The van der Waals surface area contributed by atoms with Gasteiger partial charge in [0.05, 0.1) is 25.0 Å². The van der Waals surface area contributed by atoms with Crippen molar-refractivity contribution in [2.24, 2.45) is 0 Å². The van der Waals surface area contributed by atoms with Crippen molar-refractivity contribution in [1.29, 1.82) is 0 Å². The smallest absolute Gasteiger partial charge is 0.213 e. The molecular formula is C13H12BrFN2O. The molecule has 0 aliphatic rings. The third-order valence-electron chi connectivity index (χ3n) is 2.38. The van der Waals surface area contributed by atoms with Gasteiger partial charge in [0.25, 0.3) is 0 Å². The predicted octanol–water partition coefficient (Wildman–Crippen LogP) is 3.60. The first-order valence-corrected chi connectivity index (χ1v) is 6.17. The van der Waals surface area contributed by atoms with Gasteiger partial charge in [-0.05, 0) is 24.3 Å². The van der Waals surface area contributed by atoms with E-state index in [0.29, 0.717) is 22.6 Å². The van der Waals surface area contributed by atoms with E-state index in [0.717, 1.165) is 5.69 Å². The second-order valence-corrected chi connectivity index (χ2v) is 4.56. The summed E-state index contributed by atoms with van der Waals surface area (Å²) in [4.78, 5) is 4.24. The minimum absolute atomic E-state index is 0.299. The number of nitrogens with one attached hydrogen (secondary N) is 1. The van der Waals surface area contributed by atoms with E-state index in [1.807, 2.05) is 12.1 Å². The molecule has 2 rings (SSSR count). The number of pyridine rings is 1. The number of aromatic nitrogens is 1. The monoisotopic (exact) mass is 310 g/mol. The van der Waals surface area contributed by atoms with Crippen molar-refractivity contribution < 1.29 is 9.13 Å². The van der Waals surface area contributed by atoms with Crippen molar-refractivity contribution in [2.75, 3.05) is 12.4 Å². The highest BCUT2D eigenvalue weighted by Gasteiger charge is 2.03. The molecule has 0 aliphatic carbocycles. The summed E-state index contributed by atoms with van der Waals surface area (Å²) >= 11 is 3.21. The highest BCUT2D eigenvalue weighted by molar-refractivity contribution is 9.10. The van der Waals surface area contributed by atoms with Crippen LogP contribution < -0.4 is 10.1 Å². The van der Waals surface area contributed by atoms with Gasteiger partial charge >= 0.3 is 0 Å². The number of nitrogens with zero attached hydrogens (tertiary/aromatic N) is 1. The van der Waals surface area contributed by atoms with Crippen LogP contribution in [0.15, 0.2) is 40.9 Å². The number of hydrogen-bond acceptors (Lipinski definition) is 3. The van der Waals surface area contributed by atoms with Gasteiger partial charge in [0.1, 0.15) is 5.82 Å². The van der Waals surface area contributed by atoms with Gasteiger partial charge in [-0.15, -0.1) is 0 Å². The number of methoxy groups -OCH3 is 1. The number of anilines is 1. The summed E-state index contributed by atoms with van der Waals surface area (Å²) < 4.78 is 19.3. The fraction of sp³-hybridized carbons (Fsp3) is 0.154. The predicted molar refractivity (Wildman–Crippen MR) is 72.2 cm³/mol. The second-order valence-electron chi connectivity index (χ2n) is 3.65. The van der Waals surface area contributed by atoms with E-state index >= 15 is 0 Å². The average Bonchev–Trinajstić information content (AvgIpc) is 2.38. The zero-order valence-electron chi connectivity index (χ0n) is 9.78. The quantitative estimate of drug-likeness (QED) is 0.937. The molecule has 0 amide bonds. The number of benzene rings is 1. The minimum Gasteiger partial charge on any atom is -0.481 e. The molecule has 0 radical (unpaired) electrons. The Morgan fingerprint density at radius 1 is 1.33 bits per heavy atom. The molecule has 0 aliphatic heterocycles. The van der Waals surface area contributed by atoms with Gasteiger partial charge in [-0.3, -0.25) is 0 Å². The molecule has 0 saturated heterocycles. The first-order chi connectivity index (χ1) is 8.69. The lowest BCUT2D eigenvalue weighted by molar-refractivity contribution is 0.396. The molecule has 2 aromatic rings. The number of hydrogen-bond donors (Lipinski definition) is 1. The van der Waals surface area contributed by atoms with E-state index in [-0.39, 0.29) is 5.82 Å². The first kappa shape index (κ1) is 12.8. The van der Waals surface area contributed by atoms with E-state index in [2.05, 4.69) is 26.2 Å². The van der Waals surface area contributed by atoms with Crippen molar-refractivity contribution >= 4 is 21.6 Å². The lowest BCUT2D eigenvalue weighted by atomic mass is 10.3. The van der Waals surface area contributed by atoms with Crippen LogP contribution in [-0.2, 0) is 6.54 Å². The van der Waals surface area contributed by atoms with Crippen LogP contribution in [0.5, 0.6) is 5.88 Å². The van der Waals surface area contributed by atoms with Crippen LogP contribution in [0.3, 0.4) is 0 Å². The van der Waals surface area contributed by atoms with Crippen LogP contribution >= 0.6 is 15.9 Å². The zero-order chi connectivity index (χ0) is 13.0. The Hall–Kier alpha value is -1.62. The molecule has 0 bridgehead atoms. The van der Waals surface area contributed by atoms with Crippen molar-refractivity contribution in [3.05, 3.63) is 52.4 Å². The van der Waals surface area contributed by atoms with Gasteiger partial charge in [0.2, 0.25) is 5.88 Å². The molecule has 0 atom stereocenters. The molecule has 94 valence electrons. The largest absolute Gasteiger partial charge is 0.481 e. The van der Waals surface area contributed by atoms with Crippen LogP contribution in [0.4, 0.5) is 10.1 Å². The first-order valence-electron chi connectivity index (χ1n) is 5.38. The zero-order valence-corrected chi connectivity index (χ0v) is 11.4. The van der Waals surface area contributed by atoms with Crippen LogP contribution in [0, 0.1) is 5.82 Å². The van der Waals surface area contributed by atoms with Gasteiger partial charge in [-0.1, -0.05) is 22.0 Å². The molecule has 0 spiro atoms. The van der Waals surface area contributed by atoms with E-state index in [1.54, 1.807) is 25.3 Å². The summed E-state index contributed by atoms with van der Waals surface area (Å²) in [5.41, 5.74) is 1.24. The third-order valence-corrected chi connectivity index (χ3v) is 2.87. The Kier molecular flexibility index (Phi) is 4.15. The summed E-state index contributed by atoms with van der Waals surface area (Å²) in [7, 11) is 1.56. The van der Waals surface area contributed by atoms with Crippen molar-refractivity contribution in [3.63, 3.8) is 0 Å². The average molecular weight is 311 g/mol. The molecule has 18 heavy (non-hydrogen) atoms. The van der Waals surface area contributed by atoms with E-state index < -0.39 is 0 Å². The molecule has 0 saturated carbocycles. The molecule has 1 N–H and O–H groups in total. The van der Waals surface area contributed by atoms with Gasteiger partial charge in [-0.2, -0.15) is 0 Å². The SMILES string of the molecule is COc1cccc(CNc2ccc(Br)cc2F)n1. The van der Waals surface area contributed by atoms with Gasteiger partial charge in [0.15, 0.2) is 0 Å². The highest BCUT2D eigenvalue weighted by atomic mass is 79.9. The Bertz CT molecular complexity index is 548. The maximum absolute atomic E-state index is 13.6. The number of ether oxygens (including phenoxy) is 1. The van der Waals surface area contributed by atoms with Crippen LogP contribution in [0.1, 0.15) is 5.69 Å². The van der Waals surface area contributed by atoms with E-state index in [9.17, 15) is 4.39 Å². The van der Waals surface area contributed by atoms with Crippen LogP contribution in [-0.4, -0.2) is 12.1 Å². The Morgan fingerprint density at radius 3 is 2.89 bits per heavy atom. The third kappa shape index (κ3) is 3.20. The van der Waals surface area contributed by atoms with Crippen molar-refractivity contribution in [2.45, 2.75) is 6.54 Å². The van der Waals surface area contributed by atoms with E-state index in [4.69, 9.17) is 4.74 Å². The molecular weight excluding hydrogens is 299 g/mol. The van der Waals surface area contributed by atoms with E-state index in [1.165, 1.54) is 6.07 Å². The van der Waals surface area contributed by atoms with Crippen molar-refractivity contribution in [1.82, 2.24) is 4.98 Å². The maximum Gasteiger partial charge on any atom is 0.213 e. The fourth-order valence-corrected chi connectivity index (χ4v) is 1.82. The standard InChI is InChI=1S/C13H12BrFN2O/c1-18-13-4-2-3-10(17-13)8-16-12-6-5-9(14)7-11(12)15/h2-7,16H,8H2,1H3. The number of halogens is 2. The molecule has 3 nitrogen and oxygen atoms in total. The van der Waals surface area contributed by atoms with Crippen LogP contribution in [0.25, 0.3) is 0 Å². The lowest BCUT2D eigenvalue weighted by Gasteiger charge is -2.08. The van der Waals surface area contributed by atoms with Gasteiger partial charge in [-0.25, -0.2) is 9.37 Å². The highest BCUT2D eigenvalue weighted by Crippen LogP contribution is 2.20. The van der Waals surface area contributed by atoms with Crippen molar-refractivity contribution in [3.8, 4) is 5.88 Å². The molecule has 1 aromatic carbocycles. The van der Waals surface area contributed by atoms with Gasteiger partial charge in [0, 0.05) is 10.5 Å².